The number of benzene rings is 2. The lowest BCUT2D eigenvalue weighted by Crippen LogP contribution is -3.16. The molecule has 2 aromatic carbocycles. The fourth-order valence-electron chi connectivity index (χ4n) is 3.33. The number of amides is 3. The number of piperazine rings is 1. The van der Waals surface area contributed by atoms with E-state index >= 15 is 0 Å². The molecular formula is C21H27N4O2+. The Morgan fingerprint density at radius 1 is 1.00 bits per heavy atom. The third-order valence-electron chi connectivity index (χ3n) is 5.11. The summed E-state index contributed by atoms with van der Waals surface area (Å²) < 4.78 is 0. The van der Waals surface area contributed by atoms with Crippen LogP contribution in [-0.2, 0) is 4.79 Å². The van der Waals surface area contributed by atoms with Crippen molar-refractivity contribution in [1.29, 1.82) is 0 Å². The van der Waals surface area contributed by atoms with E-state index < -0.39 is 6.03 Å². The van der Waals surface area contributed by atoms with Gasteiger partial charge in [0.25, 0.3) is 5.91 Å². The van der Waals surface area contributed by atoms with E-state index in [4.69, 9.17) is 0 Å². The summed E-state index contributed by atoms with van der Waals surface area (Å²) in [6, 6.07) is 15.5. The number of nitrogens with one attached hydrogen (secondary N) is 3. The first-order valence-electron chi connectivity index (χ1n) is 9.33. The zero-order valence-electron chi connectivity index (χ0n) is 15.9. The molecule has 0 spiro atoms. The van der Waals surface area contributed by atoms with Gasteiger partial charge >= 0.3 is 6.03 Å². The van der Waals surface area contributed by atoms with Gasteiger partial charge in [0.15, 0.2) is 6.54 Å². The minimum atomic E-state index is -0.476. The molecule has 142 valence electrons. The maximum atomic E-state index is 12.2. The number of rotatable bonds is 4. The topological polar surface area (TPSA) is 65.9 Å². The summed E-state index contributed by atoms with van der Waals surface area (Å²) in [7, 11) is 0. The van der Waals surface area contributed by atoms with Crippen LogP contribution in [0.1, 0.15) is 11.1 Å². The molecule has 0 atom stereocenters. The van der Waals surface area contributed by atoms with Crippen molar-refractivity contribution in [3.63, 3.8) is 0 Å². The molecule has 0 saturated carbocycles. The number of aryl methyl sites for hydroxylation is 1. The van der Waals surface area contributed by atoms with Crippen LogP contribution in [0.15, 0.2) is 48.5 Å². The number of para-hydroxylation sites is 1. The van der Waals surface area contributed by atoms with Crippen molar-refractivity contribution in [2.75, 3.05) is 42.9 Å². The average molecular weight is 367 g/mol. The minimum absolute atomic E-state index is 0.249. The van der Waals surface area contributed by atoms with Gasteiger partial charge in [-0.25, -0.2) is 4.79 Å². The maximum Gasteiger partial charge on any atom is 0.326 e. The van der Waals surface area contributed by atoms with E-state index in [1.54, 1.807) is 0 Å². The SMILES string of the molecule is Cc1cccc(NC(=O)NC(=O)C[NH+]2CCN(c3ccccc3)CC2)c1C. The molecule has 6 nitrogen and oxygen atoms in total. The normalized spacial score (nSPS) is 14.7. The Balaban J connectivity index is 1.44. The van der Waals surface area contributed by atoms with Gasteiger partial charge in [0.1, 0.15) is 0 Å². The second-order valence-electron chi connectivity index (χ2n) is 7.00. The highest BCUT2D eigenvalue weighted by Crippen LogP contribution is 2.17. The number of carbonyl (C=O) groups excluding carboxylic acids is 2. The molecule has 0 unspecified atom stereocenters. The van der Waals surface area contributed by atoms with Gasteiger partial charge in [0.2, 0.25) is 0 Å². The summed E-state index contributed by atoms with van der Waals surface area (Å²) in [6.45, 7) is 7.80. The first-order valence-corrected chi connectivity index (χ1v) is 9.33. The van der Waals surface area contributed by atoms with Crippen LogP contribution in [0.4, 0.5) is 16.2 Å². The van der Waals surface area contributed by atoms with Crippen molar-refractivity contribution in [1.82, 2.24) is 5.32 Å². The Morgan fingerprint density at radius 2 is 1.70 bits per heavy atom. The van der Waals surface area contributed by atoms with Crippen molar-refractivity contribution in [2.45, 2.75) is 13.8 Å². The van der Waals surface area contributed by atoms with Crippen molar-refractivity contribution in [3.8, 4) is 0 Å². The molecule has 3 amide bonds. The van der Waals surface area contributed by atoms with E-state index in [9.17, 15) is 9.59 Å². The lowest BCUT2D eigenvalue weighted by molar-refractivity contribution is -0.892. The molecule has 6 heteroatoms. The predicted octanol–water partition coefficient (Wildman–Crippen LogP) is 1.36. The van der Waals surface area contributed by atoms with Crippen molar-refractivity contribution in [3.05, 3.63) is 59.7 Å². The highest BCUT2D eigenvalue weighted by atomic mass is 16.2. The van der Waals surface area contributed by atoms with Gasteiger partial charge in [-0.05, 0) is 43.2 Å². The highest BCUT2D eigenvalue weighted by molar-refractivity contribution is 6.01. The minimum Gasteiger partial charge on any atom is -0.360 e. The molecule has 1 fully saturated rings. The van der Waals surface area contributed by atoms with Gasteiger partial charge in [-0.2, -0.15) is 0 Å². The van der Waals surface area contributed by atoms with Crippen LogP contribution in [0.2, 0.25) is 0 Å². The zero-order valence-corrected chi connectivity index (χ0v) is 15.9. The van der Waals surface area contributed by atoms with Crippen LogP contribution in [0.5, 0.6) is 0 Å². The maximum absolute atomic E-state index is 12.2. The van der Waals surface area contributed by atoms with Crippen molar-refractivity contribution >= 4 is 23.3 Å². The summed E-state index contributed by atoms with van der Waals surface area (Å²) in [6.07, 6.45) is 0. The van der Waals surface area contributed by atoms with Crippen LogP contribution in [0, 0.1) is 13.8 Å². The van der Waals surface area contributed by atoms with E-state index in [0.717, 1.165) is 43.0 Å². The van der Waals surface area contributed by atoms with Gasteiger partial charge in [0, 0.05) is 11.4 Å². The number of hydrogen-bond acceptors (Lipinski definition) is 3. The van der Waals surface area contributed by atoms with Crippen LogP contribution >= 0.6 is 0 Å². The van der Waals surface area contributed by atoms with Crippen LogP contribution in [0.25, 0.3) is 0 Å². The van der Waals surface area contributed by atoms with Crippen molar-refractivity contribution < 1.29 is 14.5 Å². The van der Waals surface area contributed by atoms with Gasteiger partial charge in [-0.15, -0.1) is 0 Å². The fraction of sp³-hybridized carbons (Fsp3) is 0.333. The van der Waals surface area contributed by atoms with E-state index in [1.165, 1.54) is 10.6 Å². The first kappa shape index (κ1) is 18.9. The van der Waals surface area contributed by atoms with E-state index in [2.05, 4.69) is 27.7 Å². The molecule has 3 N–H and O–H groups in total. The molecule has 0 radical (unpaired) electrons. The molecule has 1 saturated heterocycles. The highest BCUT2D eigenvalue weighted by Gasteiger charge is 2.23. The summed E-state index contributed by atoms with van der Waals surface area (Å²) in [5, 5.41) is 5.20. The smallest absolute Gasteiger partial charge is 0.326 e. The Kier molecular flexibility index (Phi) is 6.08. The molecule has 2 aromatic rings. The molecule has 27 heavy (non-hydrogen) atoms. The lowest BCUT2D eigenvalue weighted by Gasteiger charge is -2.33. The third kappa shape index (κ3) is 5.08. The van der Waals surface area contributed by atoms with E-state index in [-0.39, 0.29) is 5.91 Å². The standard InChI is InChI=1S/C21H26N4O2/c1-16-7-6-10-19(17(16)2)22-21(27)23-20(26)15-24-11-13-25(14-12-24)18-8-4-3-5-9-18/h3-10H,11-15H2,1-2H3,(H2,22,23,26,27)/p+1. The quantitative estimate of drug-likeness (QED) is 0.764. The molecular weight excluding hydrogens is 340 g/mol. The molecule has 1 aliphatic heterocycles. The van der Waals surface area contributed by atoms with Gasteiger partial charge < -0.3 is 15.1 Å². The van der Waals surface area contributed by atoms with E-state index in [0.29, 0.717) is 6.54 Å². The third-order valence-corrected chi connectivity index (χ3v) is 5.11. The van der Waals surface area contributed by atoms with Crippen LogP contribution in [-0.4, -0.2) is 44.7 Å². The molecule has 0 aromatic heterocycles. The summed E-state index contributed by atoms with van der Waals surface area (Å²) >= 11 is 0. The molecule has 1 heterocycles. The van der Waals surface area contributed by atoms with E-state index in [1.807, 2.05) is 50.2 Å². The molecule has 0 aliphatic carbocycles. The number of imide groups is 1. The molecule has 3 rings (SSSR count). The second kappa shape index (κ2) is 8.68. The van der Waals surface area contributed by atoms with Crippen LogP contribution in [0.3, 0.4) is 0 Å². The Labute approximate surface area is 160 Å². The molecule has 0 bridgehead atoms. The number of hydrogen-bond donors (Lipinski definition) is 3. The fourth-order valence-corrected chi connectivity index (χ4v) is 3.33. The predicted molar refractivity (Wildman–Crippen MR) is 107 cm³/mol. The number of urea groups is 1. The summed E-state index contributed by atoms with van der Waals surface area (Å²) in [5.41, 5.74) is 4.04. The zero-order chi connectivity index (χ0) is 19.2. The molecule has 1 aliphatic rings. The largest absolute Gasteiger partial charge is 0.360 e. The van der Waals surface area contributed by atoms with Gasteiger partial charge in [0.05, 0.1) is 26.2 Å². The number of carbonyl (C=O) groups is 2. The number of anilines is 2. The average Bonchev–Trinajstić information content (AvgIpc) is 2.66. The Bertz CT molecular complexity index is 799. The van der Waals surface area contributed by atoms with Gasteiger partial charge in [-0.1, -0.05) is 30.3 Å². The second-order valence-corrected chi connectivity index (χ2v) is 7.00. The summed E-state index contributed by atoms with van der Waals surface area (Å²) in [5.74, 6) is -0.249. The summed E-state index contributed by atoms with van der Waals surface area (Å²) in [4.78, 5) is 27.8. The lowest BCUT2D eigenvalue weighted by atomic mass is 10.1. The number of quaternary nitrogens is 1. The van der Waals surface area contributed by atoms with Crippen molar-refractivity contribution in [2.24, 2.45) is 0 Å². The Hall–Kier alpha value is -2.86. The number of nitrogens with zero attached hydrogens (tertiary/aromatic N) is 1. The first-order chi connectivity index (χ1) is 13.0. The van der Waals surface area contributed by atoms with Crippen LogP contribution < -0.4 is 20.4 Å². The van der Waals surface area contributed by atoms with Gasteiger partial charge in [-0.3, -0.25) is 10.1 Å². The monoisotopic (exact) mass is 367 g/mol. The Morgan fingerprint density at radius 3 is 2.41 bits per heavy atom.